The highest BCUT2D eigenvalue weighted by Crippen LogP contribution is 2.37. The molecular weight excluding hydrogens is 266 g/mol. The van der Waals surface area contributed by atoms with Gasteiger partial charge in [-0.3, -0.25) is 0 Å². The van der Waals surface area contributed by atoms with Crippen LogP contribution < -0.4 is 4.90 Å². The van der Waals surface area contributed by atoms with E-state index in [1.807, 2.05) is 0 Å². The highest BCUT2D eigenvalue weighted by Gasteiger charge is 2.16. The monoisotopic (exact) mass is 289 g/mol. The maximum absolute atomic E-state index is 4.06. The van der Waals surface area contributed by atoms with Gasteiger partial charge < -0.3 is 4.90 Å². The molecule has 0 N–H and O–H groups in total. The molecule has 1 aliphatic rings. The molecule has 0 saturated heterocycles. The van der Waals surface area contributed by atoms with Gasteiger partial charge in [0.25, 0.3) is 0 Å². The van der Waals surface area contributed by atoms with Crippen LogP contribution in [0.2, 0.25) is 0 Å². The fraction of sp³-hybridized carbons (Fsp3) is 0.238. The summed E-state index contributed by atoms with van der Waals surface area (Å²) >= 11 is 0. The van der Waals surface area contributed by atoms with Gasteiger partial charge in [-0.1, -0.05) is 56.4 Å². The molecule has 0 aliphatic carbocycles. The first-order chi connectivity index (χ1) is 10.5. The van der Waals surface area contributed by atoms with Crippen LogP contribution in [-0.2, 0) is 0 Å². The molecular formula is C21H23N. The summed E-state index contributed by atoms with van der Waals surface area (Å²) in [5.41, 5.74) is 8.68. The zero-order chi connectivity index (χ0) is 15.9. The molecule has 0 bridgehead atoms. The van der Waals surface area contributed by atoms with Crippen molar-refractivity contribution in [3.8, 4) is 0 Å². The van der Waals surface area contributed by atoms with Crippen molar-refractivity contribution < 1.29 is 0 Å². The van der Waals surface area contributed by atoms with Gasteiger partial charge in [0, 0.05) is 18.4 Å². The van der Waals surface area contributed by atoms with Crippen molar-refractivity contribution in [1.82, 2.24) is 0 Å². The minimum absolute atomic E-state index is 0.546. The molecule has 2 aromatic rings. The van der Waals surface area contributed by atoms with Crippen molar-refractivity contribution >= 4 is 29.1 Å². The van der Waals surface area contributed by atoms with E-state index in [-0.39, 0.29) is 0 Å². The summed E-state index contributed by atoms with van der Waals surface area (Å²) in [6.07, 6.45) is 4.44. The third-order valence-corrected chi connectivity index (χ3v) is 4.41. The number of nitrogens with zero attached hydrogens (tertiary/aromatic N) is 1. The lowest BCUT2D eigenvalue weighted by atomic mass is 9.99. The Morgan fingerprint density at radius 1 is 0.955 bits per heavy atom. The van der Waals surface area contributed by atoms with Gasteiger partial charge in [-0.2, -0.15) is 0 Å². The maximum Gasteiger partial charge on any atom is 0.0487 e. The zero-order valence-electron chi connectivity index (χ0n) is 13.9. The van der Waals surface area contributed by atoms with Crippen LogP contribution in [0, 0.1) is 0 Å². The molecule has 1 nitrogen and oxygen atoms in total. The van der Waals surface area contributed by atoms with Crippen LogP contribution in [0.25, 0.3) is 17.7 Å². The Kier molecular flexibility index (Phi) is 3.66. The molecule has 0 unspecified atom stereocenters. The minimum atomic E-state index is 0.546. The van der Waals surface area contributed by atoms with E-state index in [4.69, 9.17) is 0 Å². The van der Waals surface area contributed by atoms with Crippen molar-refractivity contribution in [2.24, 2.45) is 0 Å². The average Bonchev–Trinajstić information content (AvgIpc) is 2.64. The predicted molar refractivity (Wildman–Crippen MR) is 98.7 cm³/mol. The average molecular weight is 289 g/mol. The van der Waals surface area contributed by atoms with E-state index in [1.165, 1.54) is 33.6 Å². The Balaban J connectivity index is 2.14. The van der Waals surface area contributed by atoms with Gasteiger partial charge in [0.05, 0.1) is 0 Å². The number of anilines is 2. The summed E-state index contributed by atoms with van der Waals surface area (Å²) in [6, 6.07) is 13.3. The number of hydrogen-bond acceptors (Lipinski definition) is 1. The van der Waals surface area contributed by atoms with Gasteiger partial charge in [0.15, 0.2) is 0 Å². The van der Waals surface area contributed by atoms with E-state index in [2.05, 4.69) is 87.8 Å². The van der Waals surface area contributed by atoms with Crippen LogP contribution in [0.4, 0.5) is 11.4 Å². The number of hydrogen-bond donors (Lipinski definition) is 0. The molecule has 0 atom stereocenters. The highest BCUT2D eigenvalue weighted by atomic mass is 15.1. The molecule has 2 aromatic carbocycles. The third kappa shape index (κ3) is 2.48. The summed E-state index contributed by atoms with van der Waals surface area (Å²) in [4.78, 5) is 2.28. The molecule has 0 aromatic heterocycles. The highest BCUT2D eigenvalue weighted by molar-refractivity contribution is 5.89. The lowest BCUT2D eigenvalue weighted by Crippen LogP contribution is -2.11. The lowest BCUT2D eigenvalue weighted by molar-refractivity contribution is 0.866. The Morgan fingerprint density at radius 2 is 1.68 bits per heavy atom. The van der Waals surface area contributed by atoms with E-state index >= 15 is 0 Å². The minimum Gasteiger partial charge on any atom is -0.344 e. The van der Waals surface area contributed by atoms with Crippen molar-refractivity contribution in [3.63, 3.8) is 0 Å². The first kappa shape index (κ1) is 14.6. The van der Waals surface area contributed by atoms with Crippen molar-refractivity contribution in [3.05, 3.63) is 65.2 Å². The van der Waals surface area contributed by atoms with Crippen LogP contribution >= 0.6 is 0 Å². The first-order valence-electron chi connectivity index (χ1n) is 7.83. The Morgan fingerprint density at radius 3 is 2.36 bits per heavy atom. The molecule has 0 saturated carbocycles. The molecule has 0 fully saturated rings. The normalized spacial score (nSPS) is 12.9. The van der Waals surface area contributed by atoms with Crippen LogP contribution in [0.1, 0.15) is 48.9 Å². The smallest absolute Gasteiger partial charge is 0.0487 e. The predicted octanol–water partition coefficient (Wildman–Crippen LogP) is 6.09. The molecule has 0 spiro atoms. The summed E-state index contributed by atoms with van der Waals surface area (Å²) in [5, 5.41) is 0. The topological polar surface area (TPSA) is 3.24 Å². The molecule has 0 amide bonds. The first-order valence-corrected chi connectivity index (χ1v) is 7.83. The molecule has 3 rings (SSSR count). The standard InChI is InChI=1S/C21H23N/c1-14(2)17-10-11-20-19(12-17)9-7-16-6-8-18(15(3)4)13-21(16)22(20)5/h6-14H,3H2,1-2,4-5H3. The van der Waals surface area contributed by atoms with Crippen molar-refractivity contribution in [2.45, 2.75) is 26.7 Å². The van der Waals surface area contributed by atoms with Crippen LogP contribution in [0.5, 0.6) is 0 Å². The second kappa shape index (κ2) is 5.49. The van der Waals surface area contributed by atoms with Gasteiger partial charge in [-0.15, -0.1) is 0 Å². The molecule has 22 heavy (non-hydrogen) atoms. The molecule has 112 valence electrons. The summed E-state index contributed by atoms with van der Waals surface area (Å²) in [6.45, 7) is 10.6. The lowest BCUT2D eigenvalue weighted by Gasteiger charge is -2.23. The maximum atomic E-state index is 4.06. The number of allylic oxidation sites excluding steroid dienone is 1. The third-order valence-electron chi connectivity index (χ3n) is 4.41. The van der Waals surface area contributed by atoms with E-state index in [9.17, 15) is 0 Å². The fourth-order valence-electron chi connectivity index (χ4n) is 2.92. The summed E-state index contributed by atoms with van der Waals surface area (Å²) in [5.74, 6) is 0.546. The molecule has 1 aliphatic heterocycles. The Bertz CT molecular complexity index is 765. The molecule has 1 heteroatoms. The van der Waals surface area contributed by atoms with Crippen LogP contribution in [0.3, 0.4) is 0 Å². The van der Waals surface area contributed by atoms with E-state index in [0.29, 0.717) is 5.92 Å². The SMILES string of the molecule is C=C(C)c1ccc2c(c1)N(C)c1ccc(C(C)C)cc1C=C2. The van der Waals surface area contributed by atoms with Crippen LogP contribution in [0.15, 0.2) is 43.0 Å². The van der Waals surface area contributed by atoms with Gasteiger partial charge in [-0.05, 0) is 53.3 Å². The number of benzene rings is 2. The largest absolute Gasteiger partial charge is 0.344 e. The molecule has 1 heterocycles. The van der Waals surface area contributed by atoms with Gasteiger partial charge >= 0.3 is 0 Å². The number of rotatable bonds is 2. The quantitative estimate of drug-likeness (QED) is 0.646. The van der Waals surface area contributed by atoms with E-state index < -0.39 is 0 Å². The van der Waals surface area contributed by atoms with Crippen molar-refractivity contribution in [2.75, 3.05) is 11.9 Å². The summed E-state index contributed by atoms with van der Waals surface area (Å²) < 4.78 is 0. The second-order valence-electron chi connectivity index (χ2n) is 6.42. The van der Waals surface area contributed by atoms with Gasteiger partial charge in [0.2, 0.25) is 0 Å². The second-order valence-corrected chi connectivity index (χ2v) is 6.42. The number of fused-ring (bicyclic) bond motifs is 2. The van der Waals surface area contributed by atoms with E-state index in [0.717, 1.165) is 5.57 Å². The summed E-state index contributed by atoms with van der Waals surface area (Å²) in [7, 11) is 2.14. The molecule has 0 radical (unpaired) electrons. The Hall–Kier alpha value is -2.28. The zero-order valence-corrected chi connectivity index (χ0v) is 13.9. The van der Waals surface area contributed by atoms with Gasteiger partial charge in [-0.25, -0.2) is 0 Å². The van der Waals surface area contributed by atoms with Crippen LogP contribution in [-0.4, -0.2) is 7.05 Å². The van der Waals surface area contributed by atoms with Crippen molar-refractivity contribution in [1.29, 1.82) is 0 Å². The van der Waals surface area contributed by atoms with Gasteiger partial charge in [0.1, 0.15) is 0 Å². The van der Waals surface area contributed by atoms with E-state index in [1.54, 1.807) is 0 Å². The fourth-order valence-corrected chi connectivity index (χ4v) is 2.92. The Labute approximate surface area is 133 Å².